The number of benzene rings is 1. The molecule has 0 aliphatic heterocycles. The number of hydrogen-bond donors (Lipinski definition) is 1. The van der Waals surface area contributed by atoms with Gasteiger partial charge in [-0.2, -0.15) is 0 Å². The molecule has 0 spiro atoms. The molecule has 0 amide bonds. The van der Waals surface area contributed by atoms with Crippen LogP contribution in [0.25, 0.3) is 0 Å². The van der Waals surface area contributed by atoms with Crippen LogP contribution in [-0.4, -0.2) is 33.4 Å². The van der Waals surface area contributed by atoms with E-state index in [1.807, 2.05) is 18.2 Å². The molecular weight excluding hydrogens is 242 g/mol. The van der Waals surface area contributed by atoms with Crippen LogP contribution >= 0.6 is 0 Å². The zero-order valence-electron chi connectivity index (χ0n) is 12.4. The summed E-state index contributed by atoms with van der Waals surface area (Å²) in [6.07, 6.45) is 1.02. The van der Waals surface area contributed by atoms with Crippen molar-refractivity contribution in [3.63, 3.8) is 0 Å². The minimum Gasteiger partial charge on any atom is -0.493 e. The van der Waals surface area contributed by atoms with Gasteiger partial charge < -0.3 is 19.5 Å². The summed E-state index contributed by atoms with van der Waals surface area (Å²) in [6, 6.07) is 6.38. The van der Waals surface area contributed by atoms with Crippen LogP contribution in [0.5, 0.6) is 11.5 Å². The Labute approximate surface area is 116 Å². The van der Waals surface area contributed by atoms with Gasteiger partial charge >= 0.3 is 0 Å². The van der Waals surface area contributed by atoms with Crippen molar-refractivity contribution in [2.75, 3.05) is 27.4 Å². The maximum absolute atomic E-state index is 5.64. The molecule has 0 atom stereocenters. The summed E-state index contributed by atoms with van der Waals surface area (Å²) in [7, 11) is 3.27. The minimum atomic E-state index is 0.533. The van der Waals surface area contributed by atoms with E-state index >= 15 is 0 Å². The average molecular weight is 267 g/mol. The first-order valence-corrected chi connectivity index (χ1v) is 6.69. The molecule has 1 rings (SSSR count). The predicted molar refractivity (Wildman–Crippen MR) is 77.0 cm³/mol. The van der Waals surface area contributed by atoms with E-state index in [-0.39, 0.29) is 0 Å². The molecule has 108 valence electrons. The molecule has 1 aromatic carbocycles. The lowest BCUT2D eigenvalue weighted by Crippen LogP contribution is -2.24. The van der Waals surface area contributed by atoms with Gasteiger partial charge in [-0.25, -0.2) is 0 Å². The van der Waals surface area contributed by atoms with E-state index in [1.165, 1.54) is 0 Å². The third kappa shape index (κ3) is 5.94. The zero-order chi connectivity index (χ0) is 14.1. The highest BCUT2D eigenvalue weighted by molar-refractivity contribution is 5.42. The van der Waals surface area contributed by atoms with E-state index < -0.39 is 0 Å². The van der Waals surface area contributed by atoms with Crippen LogP contribution in [0.15, 0.2) is 18.2 Å². The van der Waals surface area contributed by atoms with Gasteiger partial charge in [0.1, 0.15) is 0 Å². The van der Waals surface area contributed by atoms with Gasteiger partial charge in [-0.15, -0.1) is 0 Å². The molecule has 0 saturated heterocycles. The fourth-order valence-corrected chi connectivity index (χ4v) is 1.73. The SMILES string of the molecule is COc1ccc(COCCCNC(C)C)cc1OC. The van der Waals surface area contributed by atoms with Gasteiger partial charge in [-0.05, 0) is 30.7 Å². The molecule has 0 unspecified atom stereocenters. The van der Waals surface area contributed by atoms with Crippen LogP contribution in [-0.2, 0) is 11.3 Å². The topological polar surface area (TPSA) is 39.7 Å². The van der Waals surface area contributed by atoms with E-state index in [9.17, 15) is 0 Å². The number of ether oxygens (including phenoxy) is 3. The minimum absolute atomic E-state index is 0.533. The van der Waals surface area contributed by atoms with Crippen LogP contribution in [0.2, 0.25) is 0 Å². The van der Waals surface area contributed by atoms with Crippen molar-refractivity contribution in [1.82, 2.24) is 5.32 Å². The summed E-state index contributed by atoms with van der Waals surface area (Å²) in [4.78, 5) is 0. The molecule has 1 N–H and O–H groups in total. The molecule has 0 aliphatic rings. The lowest BCUT2D eigenvalue weighted by molar-refractivity contribution is 0.118. The van der Waals surface area contributed by atoms with Gasteiger partial charge in [0.05, 0.1) is 20.8 Å². The molecule has 0 heterocycles. The Morgan fingerprint density at radius 3 is 2.47 bits per heavy atom. The monoisotopic (exact) mass is 267 g/mol. The third-order valence-electron chi connectivity index (χ3n) is 2.73. The fraction of sp³-hybridized carbons (Fsp3) is 0.600. The molecule has 1 aromatic rings. The Morgan fingerprint density at radius 1 is 1.11 bits per heavy atom. The predicted octanol–water partition coefficient (Wildman–Crippen LogP) is 2.61. The highest BCUT2D eigenvalue weighted by Gasteiger charge is 2.04. The smallest absolute Gasteiger partial charge is 0.161 e. The molecule has 0 fully saturated rings. The average Bonchev–Trinajstić information content (AvgIpc) is 2.42. The quantitative estimate of drug-likeness (QED) is 0.698. The van der Waals surface area contributed by atoms with Crippen molar-refractivity contribution in [3.05, 3.63) is 23.8 Å². The molecule has 0 radical (unpaired) electrons. The zero-order valence-corrected chi connectivity index (χ0v) is 12.4. The lowest BCUT2D eigenvalue weighted by Gasteiger charge is -2.10. The molecule has 0 saturated carbocycles. The molecular formula is C15H25NO3. The standard InChI is InChI=1S/C15H25NO3/c1-12(2)16-8-5-9-19-11-13-6-7-14(17-3)15(10-13)18-4/h6-7,10,12,16H,5,8-9,11H2,1-4H3. The van der Waals surface area contributed by atoms with Crippen LogP contribution in [0, 0.1) is 0 Å². The molecule has 4 heteroatoms. The van der Waals surface area contributed by atoms with Crippen LogP contribution in [0.4, 0.5) is 0 Å². The Balaban J connectivity index is 2.29. The molecule has 19 heavy (non-hydrogen) atoms. The number of hydrogen-bond acceptors (Lipinski definition) is 4. The van der Waals surface area contributed by atoms with E-state index in [4.69, 9.17) is 14.2 Å². The Kier molecular flexibility index (Phi) is 7.30. The van der Waals surface area contributed by atoms with Gasteiger partial charge in [0.2, 0.25) is 0 Å². The Morgan fingerprint density at radius 2 is 1.84 bits per heavy atom. The van der Waals surface area contributed by atoms with E-state index in [0.29, 0.717) is 12.6 Å². The first-order valence-electron chi connectivity index (χ1n) is 6.69. The van der Waals surface area contributed by atoms with Crippen molar-refractivity contribution in [3.8, 4) is 11.5 Å². The first-order chi connectivity index (χ1) is 9.17. The number of nitrogens with one attached hydrogen (secondary N) is 1. The van der Waals surface area contributed by atoms with Crippen LogP contribution < -0.4 is 14.8 Å². The second-order valence-electron chi connectivity index (χ2n) is 4.70. The van der Waals surface area contributed by atoms with Crippen molar-refractivity contribution in [2.45, 2.75) is 32.9 Å². The summed E-state index contributed by atoms with van der Waals surface area (Å²) in [5.74, 6) is 1.48. The van der Waals surface area contributed by atoms with Gasteiger partial charge in [-0.1, -0.05) is 19.9 Å². The van der Waals surface area contributed by atoms with Crippen molar-refractivity contribution >= 4 is 0 Å². The molecule has 0 aliphatic carbocycles. The molecule has 0 bridgehead atoms. The molecule has 4 nitrogen and oxygen atoms in total. The van der Waals surface area contributed by atoms with Gasteiger partial charge in [0.25, 0.3) is 0 Å². The van der Waals surface area contributed by atoms with E-state index in [0.717, 1.165) is 36.6 Å². The maximum atomic E-state index is 5.64. The first kappa shape index (κ1) is 15.8. The van der Waals surface area contributed by atoms with Crippen molar-refractivity contribution in [1.29, 1.82) is 0 Å². The summed E-state index contributed by atoms with van der Waals surface area (Å²) < 4.78 is 16.1. The Hall–Kier alpha value is -1.26. The van der Waals surface area contributed by atoms with Crippen molar-refractivity contribution in [2.24, 2.45) is 0 Å². The highest BCUT2D eigenvalue weighted by atomic mass is 16.5. The number of rotatable bonds is 9. The number of methoxy groups -OCH3 is 2. The van der Waals surface area contributed by atoms with Gasteiger partial charge in [0, 0.05) is 12.6 Å². The second kappa shape index (κ2) is 8.77. The summed E-state index contributed by atoms with van der Waals surface area (Å²) in [5, 5.41) is 3.36. The molecule has 0 aromatic heterocycles. The summed E-state index contributed by atoms with van der Waals surface area (Å²) in [5.41, 5.74) is 1.09. The highest BCUT2D eigenvalue weighted by Crippen LogP contribution is 2.27. The largest absolute Gasteiger partial charge is 0.493 e. The third-order valence-corrected chi connectivity index (χ3v) is 2.73. The fourth-order valence-electron chi connectivity index (χ4n) is 1.73. The normalized spacial score (nSPS) is 10.8. The van der Waals surface area contributed by atoms with E-state index in [2.05, 4.69) is 19.2 Å². The lowest BCUT2D eigenvalue weighted by atomic mass is 10.2. The van der Waals surface area contributed by atoms with Crippen molar-refractivity contribution < 1.29 is 14.2 Å². The summed E-state index contributed by atoms with van der Waals surface area (Å²) >= 11 is 0. The van der Waals surface area contributed by atoms with Gasteiger partial charge in [0.15, 0.2) is 11.5 Å². The van der Waals surface area contributed by atoms with E-state index in [1.54, 1.807) is 14.2 Å². The van der Waals surface area contributed by atoms with Crippen LogP contribution in [0.3, 0.4) is 0 Å². The van der Waals surface area contributed by atoms with Crippen LogP contribution in [0.1, 0.15) is 25.8 Å². The second-order valence-corrected chi connectivity index (χ2v) is 4.70. The maximum Gasteiger partial charge on any atom is 0.161 e. The van der Waals surface area contributed by atoms with Gasteiger partial charge in [-0.3, -0.25) is 0 Å². The summed E-state index contributed by atoms with van der Waals surface area (Å²) in [6.45, 7) is 6.63. The Bertz CT molecular complexity index is 366.